The normalized spacial score (nSPS) is 11.0. The summed E-state index contributed by atoms with van der Waals surface area (Å²) in [6, 6.07) is 13.5. The van der Waals surface area contributed by atoms with Gasteiger partial charge in [0.1, 0.15) is 11.5 Å². The zero-order valence-electron chi connectivity index (χ0n) is 16.7. The van der Waals surface area contributed by atoms with Crippen LogP contribution in [0.5, 0.6) is 0 Å². The molecule has 1 N–H and O–H groups in total. The number of aryl methyl sites for hydroxylation is 2. The molecule has 0 aliphatic heterocycles. The van der Waals surface area contributed by atoms with Crippen LogP contribution in [0.2, 0.25) is 0 Å². The minimum absolute atomic E-state index is 0.132. The number of amides is 1. The van der Waals surface area contributed by atoms with Gasteiger partial charge in [-0.3, -0.25) is 9.36 Å². The van der Waals surface area contributed by atoms with Crippen LogP contribution in [-0.2, 0) is 11.3 Å². The van der Waals surface area contributed by atoms with Crippen molar-refractivity contribution in [3.63, 3.8) is 0 Å². The van der Waals surface area contributed by atoms with Crippen LogP contribution in [-0.4, -0.2) is 31.6 Å². The fraction of sp³-hybridized carbons (Fsp3) is 0.238. The maximum atomic E-state index is 12.2. The number of hydrogen-bond donors (Lipinski definition) is 1. The van der Waals surface area contributed by atoms with Crippen LogP contribution in [0.3, 0.4) is 0 Å². The first-order valence-corrected chi connectivity index (χ1v) is 10.5. The predicted octanol–water partition coefficient (Wildman–Crippen LogP) is 4.31. The van der Waals surface area contributed by atoms with Gasteiger partial charge in [-0.2, -0.15) is 0 Å². The molecule has 1 amide bonds. The van der Waals surface area contributed by atoms with Crippen molar-refractivity contribution in [2.45, 2.75) is 32.0 Å². The van der Waals surface area contributed by atoms with E-state index in [1.54, 1.807) is 19.3 Å². The van der Waals surface area contributed by atoms with Crippen molar-refractivity contribution in [3.05, 3.63) is 65.8 Å². The molecule has 1 aromatic carbocycles. The number of nitrogens with one attached hydrogen (secondary N) is 1. The van der Waals surface area contributed by atoms with Gasteiger partial charge in [0.15, 0.2) is 16.8 Å². The zero-order chi connectivity index (χ0) is 20.9. The Morgan fingerprint density at radius 3 is 2.77 bits per heavy atom. The standard InChI is InChI=1S/C21H21N5O3S/c1-14-6-3-4-8-17(14)20-23-24-21(26(20)13-16-7-5-10-28-16)30-11-9-19(27)22-18-12-15(2)29-25-18/h3-8,10,12H,9,11,13H2,1-2H3,(H,22,25,27). The molecule has 0 aliphatic rings. The monoisotopic (exact) mass is 423 g/mol. The molecule has 9 heteroatoms. The van der Waals surface area contributed by atoms with E-state index in [0.29, 0.717) is 30.3 Å². The number of thioether (sulfide) groups is 1. The number of aromatic nitrogens is 4. The van der Waals surface area contributed by atoms with E-state index in [2.05, 4.69) is 20.7 Å². The van der Waals surface area contributed by atoms with Crippen LogP contribution in [0.25, 0.3) is 11.4 Å². The van der Waals surface area contributed by atoms with Gasteiger partial charge in [-0.25, -0.2) is 0 Å². The smallest absolute Gasteiger partial charge is 0.226 e. The van der Waals surface area contributed by atoms with Crippen LogP contribution in [0.1, 0.15) is 23.5 Å². The molecule has 0 saturated heterocycles. The molecular formula is C21H21N5O3S. The Kier molecular flexibility index (Phi) is 5.99. The van der Waals surface area contributed by atoms with Gasteiger partial charge in [0.05, 0.1) is 12.8 Å². The third-order valence-corrected chi connectivity index (χ3v) is 5.42. The molecule has 4 rings (SSSR count). The molecule has 0 bridgehead atoms. The molecule has 8 nitrogen and oxygen atoms in total. The maximum Gasteiger partial charge on any atom is 0.226 e. The van der Waals surface area contributed by atoms with E-state index in [1.807, 2.05) is 47.9 Å². The maximum absolute atomic E-state index is 12.2. The van der Waals surface area contributed by atoms with E-state index in [0.717, 1.165) is 27.9 Å². The van der Waals surface area contributed by atoms with Gasteiger partial charge in [-0.05, 0) is 31.5 Å². The Labute approximate surface area is 177 Å². The molecule has 0 saturated carbocycles. The van der Waals surface area contributed by atoms with E-state index in [4.69, 9.17) is 8.94 Å². The van der Waals surface area contributed by atoms with Crippen LogP contribution >= 0.6 is 11.8 Å². The van der Waals surface area contributed by atoms with Crippen molar-refractivity contribution < 1.29 is 13.7 Å². The van der Waals surface area contributed by atoms with Gasteiger partial charge in [0.25, 0.3) is 0 Å². The Hall–Kier alpha value is -3.33. The topological polar surface area (TPSA) is 99.0 Å². The summed E-state index contributed by atoms with van der Waals surface area (Å²) < 4.78 is 12.5. The van der Waals surface area contributed by atoms with Gasteiger partial charge in [0, 0.05) is 23.8 Å². The number of rotatable bonds is 8. The quantitative estimate of drug-likeness (QED) is 0.422. The molecule has 3 heterocycles. The lowest BCUT2D eigenvalue weighted by molar-refractivity contribution is -0.115. The fourth-order valence-electron chi connectivity index (χ4n) is 2.99. The second-order valence-electron chi connectivity index (χ2n) is 6.76. The van der Waals surface area contributed by atoms with Crippen molar-refractivity contribution >= 4 is 23.5 Å². The van der Waals surface area contributed by atoms with Gasteiger partial charge in [-0.1, -0.05) is 41.2 Å². The van der Waals surface area contributed by atoms with E-state index in [9.17, 15) is 4.79 Å². The van der Waals surface area contributed by atoms with Crippen LogP contribution in [0, 0.1) is 13.8 Å². The largest absolute Gasteiger partial charge is 0.467 e. The highest BCUT2D eigenvalue weighted by Crippen LogP contribution is 2.27. The molecule has 0 unspecified atom stereocenters. The first kappa shape index (κ1) is 20.0. The fourth-order valence-corrected chi connectivity index (χ4v) is 3.86. The third kappa shape index (κ3) is 4.62. The first-order valence-electron chi connectivity index (χ1n) is 9.47. The molecule has 0 aliphatic carbocycles. The van der Waals surface area contributed by atoms with Crippen LogP contribution < -0.4 is 5.32 Å². The summed E-state index contributed by atoms with van der Waals surface area (Å²) in [7, 11) is 0. The first-order chi connectivity index (χ1) is 14.6. The van der Waals surface area contributed by atoms with Crippen LogP contribution in [0.15, 0.2) is 62.8 Å². The van der Waals surface area contributed by atoms with Gasteiger partial charge in [-0.15, -0.1) is 10.2 Å². The molecule has 4 aromatic rings. The summed E-state index contributed by atoms with van der Waals surface area (Å²) in [5, 5.41) is 16.0. The number of hydrogen-bond acceptors (Lipinski definition) is 7. The van der Waals surface area contributed by atoms with E-state index in [-0.39, 0.29) is 5.91 Å². The number of furan rings is 1. The summed E-state index contributed by atoms with van der Waals surface area (Å²) in [6.07, 6.45) is 1.96. The predicted molar refractivity (Wildman–Crippen MR) is 113 cm³/mol. The molecule has 0 atom stereocenters. The van der Waals surface area contributed by atoms with E-state index >= 15 is 0 Å². The molecule has 154 valence electrons. The Bertz CT molecular complexity index is 1130. The Morgan fingerprint density at radius 1 is 1.17 bits per heavy atom. The highest BCUT2D eigenvalue weighted by Gasteiger charge is 2.17. The molecular weight excluding hydrogens is 402 g/mol. The average molecular weight is 423 g/mol. The van der Waals surface area contributed by atoms with Gasteiger partial charge in [0.2, 0.25) is 5.91 Å². The van der Waals surface area contributed by atoms with Crippen molar-refractivity contribution in [1.29, 1.82) is 0 Å². The lowest BCUT2D eigenvalue weighted by Crippen LogP contribution is -2.12. The van der Waals surface area contributed by atoms with Crippen molar-refractivity contribution in [3.8, 4) is 11.4 Å². The van der Waals surface area contributed by atoms with Crippen LogP contribution in [0.4, 0.5) is 5.82 Å². The Balaban J connectivity index is 1.48. The molecule has 0 spiro atoms. The zero-order valence-corrected chi connectivity index (χ0v) is 17.5. The summed E-state index contributed by atoms with van der Waals surface area (Å²) >= 11 is 1.48. The average Bonchev–Trinajstić information content (AvgIpc) is 3.46. The second kappa shape index (κ2) is 9.00. The second-order valence-corrected chi connectivity index (χ2v) is 7.82. The lowest BCUT2D eigenvalue weighted by atomic mass is 10.1. The molecule has 30 heavy (non-hydrogen) atoms. The van der Waals surface area contributed by atoms with Crippen molar-refractivity contribution in [2.24, 2.45) is 0 Å². The summed E-state index contributed by atoms with van der Waals surface area (Å²) in [5.74, 6) is 3.07. The lowest BCUT2D eigenvalue weighted by Gasteiger charge is -2.10. The molecule has 0 fully saturated rings. The number of carbonyl (C=O) groups is 1. The number of anilines is 1. The van der Waals surface area contributed by atoms with Crippen molar-refractivity contribution in [2.75, 3.05) is 11.1 Å². The van der Waals surface area contributed by atoms with Crippen molar-refractivity contribution in [1.82, 2.24) is 19.9 Å². The number of carbonyl (C=O) groups excluding carboxylic acids is 1. The summed E-state index contributed by atoms with van der Waals surface area (Å²) in [6.45, 7) is 4.33. The number of nitrogens with zero attached hydrogens (tertiary/aromatic N) is 4. The summed E-state index contributed by atoms with van der Waals surface area (Å²) in [4.78, 5) is 12.2. The highest BCUT2D eigenvalue weighted by molar-refractivity contribution is 7.99. The highest BCUT2D eigenvalue weighted by atomic mass is 32.2. The minimum atomic E-state index is -0.132. The molecule has 0 radical (unpaired) electrons. The Morgan fingerprint density at radius 2 is 2.03 bits per heavy atom. The van der Waals surface area contributed by atoms with E-state index < -0.39 is 0 Å². The SMILES string of the molecule is Cc1cc(NC(=O)CCSc2nnc(-c3ccccc3C)n2Cc2ccco2)no1. The molecule has 3 aromatic heterocycles. The minimum Gasteiger partial charge on any atom is -0.467 e. The summed E-state index contributed by atoms with van der Waals surface area (Å²) in [5.41, 5.74) is 2.13. The van der Waals surface area contributed by atoms with Gasteiger partial charge >= 0.3 is 0 Å². The van der Waals surface area contributed by atoms with E-state index in [1.165, 1.54) is 11.8 Å². The third-order valence-electron chi connectivity index (χ3n) is 4.45. The number of benzene rings is 1. The van der Waals surface area contributed by atoms with Gasteiger partial charge < -0.3 is 14.3 Å².